The number of nitrogens with two attached hydrogens (primary N) is 1. The molecule has 1 amide bonds. The highest BCUT2D eigenvalue weighted by Gasteiger charge is 2.29. The number of ether oxygens (including phenoxy) is 3. The van der Waals surface area contributed by atoms with E-state index in [2.05, 4.69) is 10.2 Å². The van der Waals surface area contributed by atoms with Crippen LogP contribution in [0.1, 0.15) is 42.5 Å². The number of nitrogens with one attached hydrogen (secondary N) is 1. The molecule has 2 heterocycles. The van der Waals surface area contributed by atoms with Crippen LogP contribution in [0.5, 0.6) is 17.2 Å². The standard InChI is InChI=1S/C28H33F2N3O5/c1-35-24-13-17(14-25(38-28(29)30)26(24)27(34)32-22-6-4-5-21(22)31)20-16-37-23-15-18(7-8-19(20)23)36-12-11-33-9-2-3-10-33/h7-8,13-16,21-22,28H,2-6,9-12,31H2,1H3,(H,32,34). The number of benzene rings is 2. The molecule has 204 valence electrons. The van der Waals surface area contributed by atoms with Gasteiger partial charge in [-0.25, -0.2) is 0 Å². The van der Waals surface area contributed by atoms with E-state index >= 15 is 0 Å². The average molecular weight is 530 g/mol. The fourth-order valence-corrected chi connectivity index (χ4v) is 5.35. The first-order valence-electron chi connectivity index (χ1n) is 13.0. The molecule has 2 atom stereocenters. The summed E-state index contributed by atoms with van der Waals surface area (Å²) in [5, 5.41) is 3.61. The summed E-state index contributed by atoms with van der Waals surface area (Å²) in [6.45, 7) is 0.552. The topological polar surface area (TPSA) is 99.2 Å². The number of carbonyl (C=O) groups excluding carboxylic acids is 1. The maximum Gasteiger partial charge on any atom is 0.387 e. The molecule has 10 heteroatoms. The van der Waals surface area contributed by atoms with Crippen LogP contribution < -0.4 is 25.3 Å². The summed E-state index contributed by atoms with van der Waals surface area (Å²) in [6.07, 6.45) is 6.41. The van der Waals surface area contributed by atoms with Gasteiger partial charge in [0.2, 0.25) is 0 Å². The molecule has 0 spiro atoms. The number of furan rings is 1. The molecule has 1 saturated heterocycles. The molecule has 3 aromatic rings. The minimum Gasteiger partial charge on any atom is -0.496 e. The number of alkyl halides is 2. The molecule has 2 unspecified atom stereocenters. The molecule has 2 fully saturated rings. The fourth-order valence-electron chi connectivity index (χ4n) is 5.35. The number of methoxy groups -OCH3 is 1. The highest BCUT2D eigenvalue weighted by atomic mass is 19.3. The Morgan fingerprint density at radius 3 is 2.66 bits per heavy atom. The first kappa shape index (κ1) is 26.2. The number of rotatable bonds is 10. The van der Waals surface area contributed by atoms with E-state index < -0.39 is 12.5 Å². The summed E-state index contributed by atoms with van der Waals surface area (Å²) in [4.78, 5) is 15.5. The molecule has 3 N–H and O–H groups in total. The second kappa shape index (κ2) is 11.6. The zero-order valence-corrected chi connectivity index (χ0v) is 21.4. The molecule has 2 aromatic carbocycles. The molecule has 38 heavy (non-hydrogen) atoms. The minimum absolute atomic E-state index is 0.0999. The molecule has 5 rings (SSSR count). The van der Waals surface area contributed by atoms with Crippen molar-refractivity contribution in [1.82, 2.24) is 10.2 Å². The number of hydrogen-bond donors (Lipinski definition) is 2. The zero-order chi connectivity index (χ0) is 26.6. The van der Waals surface area contributed by atoms with Gasteiger partial charge >= 0.3 is 6.61 Å². The lowest BCUT2D eigenvalue weighted by Crippen LogP contribution is -2.44. The van der Waals surface area contributed by atoms with Crippen molar-refractivity contribution in [2.45, 2.75) is 50.8 Å². The van der Waals surface area contributed by atoms with E-state index in [4.69, 9.17) is 24.4 Å². The van der Waals surface area contributed by atoms with Gasteiger partial charge in [0.1, 0.15) is 35.0 Å². The van der Waals surface area contributed by atoms with Gasteiger partial charge in [-0.2, -0.15) is 8.78 Å². The normalized spacial score (nSPS) is 19.8. The lowest BCUT2D eigenvalue weighted by molar-refractivity contribution is -0.0502. The van der Waals surface area contributed by atoms with Crippen LogP contribution in [-0.2, 0) is 0 Å². The van der Waals surface area contributed by atoms with Crippen molar-refractivity contribution in [2.24, 2.45) is 5.73 Å². The van der Waals surface area contributed by atoms with Crippen LogP contribution in [0, 0.1) is 0 Å². The number of amides is 1. The third kappa shape index (κ3) is 5.71. The van der Waals surface area contributed by atoms with Crippen molar-refractivity contribution in [3.63, 3.8) is 0 Å². The Balaban J connectivity index is 1.41. The van der Waals surface area contributed by atoms with E-state index in [1.54, 1.807) is 6.07 Å². The monoisotopic (exact) mass is 529 g/mol. The quantitative estimate of drug-likeness (QED) is 0.390. The van der Waals surface area contributed by atoms with Crippen LogP contribution in [-0.4, -0.2) is 62.9 Å². The van der Waals surface area contributed by atoms with Gasteiger partial charge in [-0.3, -0.25) is 9.69 Å². The number of carbonyl (C=O) groups is 1. The molecule has 1 saturated carbocycles. The maximum atomic E-state index is 13.4. The third-order valence-corrected chi connectivity index (χ3v) is 7.35. The van der Waals surface area contributed by atoms with E-state index in [-0.39, 0.29) is 29.1 Å². The number of likely N-dealkylation sites (tertiary alicyclic amines) is 1. The van der Waals surface area contributed by atoms with Crippen molar-refractivity contribution in [3.05, 3.63) is 42.2 Å². The summed E-state index contributed by atoms with van der Waals surface area (Å²) >= 11 is 0. The summed E-state index contributed by atoms with van der Waals surface area (Å²) in [5.41, 5.74) is 7.72. The van der Waals surface area contributed by atoms with Gasteiger partial charge in [-0.15, -0.1) is 0 Å². The molecular formula is C28H33F2N3O5. The van der Waals surface area contributed by atoms with Crippen LogP contribution in [0.3, 0.4) is 0 Å². The largest absolute Gasteiger partial charge is 0.496 e. The molecule has 0 bridgehead atoms. The minimum atomic E-state index is -3.13. The predicted molar refractivity (Wildman–Crippen MR) is 139 cm³/mol. The van der Waals surface area contributed by atoms with Crippen molar-refractivity contribution in [2.75, 3.05) is 33.4 Å². The van der Waals surface area contributed by atoms with E-state index in [1.165, 1.54) is 32.3 Å². The number of nitrogens with zero attached hydrogens (tertiary/aromatic N) is 1. The molecule has 1 aromatic heterocycles. The number of fused-ring (bicyclic) bond motifs is 1. The number of halogens is 2. The Morgan fingerprint density at radius 1 is 1.16 bits per heavy atom. The van der Waals surface area contributed by atoms with Crippen LogP contribution in [0.4, 0.5) is 8.78 Å². The maximum absolute atomic E-state index is 13.4. The van der Waals surface area contributed by atoms with E-state index in [0.29, 0.717) is 29.1 Å². The van der Waals surface area contributed by atoms with Crippen molar-refractivity contribution < 1.29 is 32.2 Å². The Labute approximate surface area is 220 Å². The summed E-state index contributed by atoms with van der Waals surface area (Å²) in [5.74, 6) is -0.0544. The average Bonchev–Trinajstić information content (AvgIpc) is 3.65. The Bertz CT molecular complexity index is 1270. The second-order valence-electron chi connectivity index (χ2n) is 9.81. The van der Waals surface area contributed by atoms with Crippen LogP contribution in [0.15, 0.2) is 41.0 Å². The fraction of sp³-hybridized carbons (Fsp3) is 0.464. The Morgan fingerprint density at radius 2 is 1.95 bits per heavy atom. The summed E-state index contributed by atoms with van der Waals surface area (Å²) < 4.78 is 48.7. The Hall–Kier alpha value is -3.37. The van der Waals surface area contributed by atoms with Crippen LogP contribution in [0.25, 0.3) is 22.1 Å². The van der Waals surface area contributed by atoms with Crippen LogP contribution in [0.2, 0.25) is 0 Å². The third-order valence-electron chi connectivity index (χ3n) is 7.35. The van der Waals surface area contributed by atoms with Gasteiger partial charge in [0.05, 0.1) is 13.4 Å². The highest BCUT2D eigenvalue weighted by molar-refractivity contribution is 6.02. The van der Waals surface area contributed by atoms with Gasteiger partial charge in [0.15, 0.2) is 0 Å². The molecule has 1 aliphatic heterocycles. The SMILES string of the molecule is COc1cc(-c2coc3cc(OCCN4CCCC4)ccc23)cc(OC(F)F)c1C(=O)NC1CCCC1N. The highest BCUT2D eigenvalue weighted by Crippen LogP contribution is 2.40. The van der Waals surface area contributed by atoms with Crippen LogP contribution >= 0.6 is 0 Å². The lowest BCUT2D eigenvalue weighted by Gasteiger charge is -2.20. The van der Waals surface area contributed by atoms with Crippen molar-refractivity contribution >= 4 is 16.9 Å². The van der Waals surface area contributed by atoms with Gasteiger partial charge in [-0.1, -0.05) is 0 Å². The van der Waals surface area contributed by atoms with E-state index in [0.717, 1.165) is 44.3 Å². The first-order chi connectivity index (χ1) is 18.4. The van der Waals surface area contributed by atoms with Gasteiger partial charge in [-0.05, 0) is 75.0 Å². The van der Waals surface area contributed by atoms with Crippen molar-refractivity contribution in [1.29, 1.82) is 0 Å². The van der Waals surface area contributed by atoms with Gasteiger partial charge in [0, 0.05) is 35.6 Å². The lowest BCUT2D eigenvalue weighted by atomic mass is 10.0. The smallest absolute Gasteiger partial charge is 0.387 e. The molecule has 0 radical (unpaired) electrons. The zero-order valence-electron chi connectivity index (χ0n) is 21.4. The molecule has 8 nitrogen and oxygen atoms in total. The van der Waals surface area contributed by atoms with Gasteiger partial charge in [0.25, 0.3) is 5.91 Å². The second-order valence-corrected chi connectivity index (χ2v) is 9.81. The van der Waals surface area contributed by atoms with E-state index in [1.807, 2.05) is 18.2 Å². The number of hydrogen-bond acceptors (Lipinski definition) is 7. The molecular weight excluding hydrogens is 496 g/mol. The summed E-state index contributed by atoms with van der Waals surface area (Å²) in [7, 11) is 1.38. The van der Waals surface area contributed by atoms with Crippen molar-refractivity contribution in [3.8, 4) is 28.4 Å². The van der Waals surface area contributed by atoms with Gasteiger partial charge < -0.3 is 29.7 Å². The molecule has 2 aliphatic rings. The first-order valence-corrected chi connectivity index (χ1v) is 13.0. The summed E-state index contributed by atoms with van der Waals surface area (Å²) in [6, 6.07) is 8.12. The Kier molecular flexibility index (Phi) is 7.99. The predicted octanol–water partition coefficient (Wildman–Crippen LogP) is 4.79. The van der Waals surface area contributed by atoms with E-state index in [9.17, 15) is 13.6 Å². The molecule has 1 aliphatic carbocycles.